The van der Waals surface area contributed by atoms with Gasteiger partial charge in [-0.05, 0) is 62.0 Å². The normalized spacial score (nSPS) is 13.6. The van der Waals surface area contributed by atoms with E-state index < -0.39 is 0 Å². The van der Waals surface area contributed by atoms with Crippen molar-refractivity contribution in [3.05, 3.63) is 60.4 Å². The number of rotatable bonds is 3. The van der Waals surface area contributed by atoms with Gasteiger partial charge in [0.2, 0.25) is 0 Å². The van der Waals surface area contributed by atoms with Crippen LogP contribution in [0.3, 0.4) is 0 Å². The van der Waals surface area contributed by atoms with Crippen molar-refractivity contribution >= 4 is 53.8 Å². The molecule has 3 aromatic heterocycles. The molecule has 0 radical (unpaired) electrons. The fraction of sp³-hybridized carbons (Fsp3) is 0.261. The SMILES string of the molecule is Cc1ccc(F)c2cnc(-c3cc(-c4cnn(C5CCNCC5)c4)cnc3N)cc12.Cl.Cl.Cl. The van der Waals surface area contributed by atoms with Gasteiger partial charge in [0.25, 0.3) is 0 Å². The van der Waals surface area contributed by atoms with Gasteiger partial charge < -0.3 is 11.1 Å². The first-order chi connectivity index (χ1) is 14.6. The predicted octanol–water partition coefficient (Wildman–Crippen LogP) is 5.38. The highest BCUT2D eigenvalue weighted by Gasteiger charge is 2.17. The Morgan fingerprint density at radius 1 is 0.970 bits per heavy atom. The number of aryl methyl sites for hydroxylation is 1. The lowest BCUT2D eigenvalue weighted by atomic mass is 10.0. The van der Waals surface area contributed by atoms with Crippen molar-refractivity contribution < 1.29 is 4.39 Å². The van der Waals surface area contributed by atoms with E-state index in [0.29, 0.717) is 22.9 Å². The van der Waals surface area contributed by atoms with E-state index in [4.69, 9.17) is 5.73 Å². The molecule has 0 amide bonds. The summed E-state index contributed by atoms with van der Waals surface area (Å²) in [5, 5.41) is 9.28. The number of hydrogen-bond donors (Lipinski definition) is 2. The smallest absolute Gasteiger partial charge is 0.132 e. The summed E-state index contributed by atoms with van der Waals surface area (Å²) >= 11 is 0. The molecule has 0 saturated carbocycles. The number of anilines is 1. The average Bonchev–Trinajstić information content (AvgIpc) is 3.27. The van der Waals surface area contributed by atoms with E-state index in [-0.39, 0.29) is 43.0 Å². The summed E-state index contributed by atoms with van der Waals surface area (Å²) in [7, 11) is 0. The molecule has 1 aliphatic rings. The Balaban J connectivity index is 0.00000128. The minimum atomic E-state index is -0.278. The molecule has 1 aromatic carbocycles. The maximum atomic E-state index is 14.1. The third kappa shape index (κ3) is 5.22. The summed E-state index contributed by atoms with van der Waals surface area (Å²) in [4.78, 5) is 8.86. The number of nitrogens with one attached hydrogen (secondary N) is 1. The molecule has 1 aliphatic heterocycles. The van der Waals surface area contributed by atoms with Gasteiger partial charge in [-0.1, -0.05) is 6.07 Å². The lowest BCUT2D eigenvalue weighted by Gasteiger charge is -2.22. The number of benzene rings is 1. The second-order valence-corrected chi connectivity index (χ2v) is 7.83. The molecule has 10 heteroatoms. The molecular weight excluding hydrogens is 486 g/mol. The van der Waals surface area contributed by atoms with Crippen molar-refractivity contribution in [3.63, 3.8) is 0 Å². The average molecular weight is 512 g/mol. The Labute approximate surface area is 210 Å². The Bertz CT molecular complexity index is 1240. The van der Waals surface area contributed by atoms with Crippen LogP contribution in [0.15, 0.2) is 49.1 Å². The van der Waals surface area contributed by atoms with E-state index in [0.717, 1.165) is 53.6 Å². The van der Waals surface area contributed by atoms with Crippen LogP contribution in [0.2, 0.25) is 0 Å². The molecule has 1 saturated heterocycles. The van der Waals surface area contributed by atoms with Crippen molar-refractivity contribution in [2.75, 3.05) is 18.8 Å². The number of nitrogens with zero attached hydrogens (tertiary/aromatic N) is 4. The van der Waals surface area contributed by atoms with Crippen molar-refractivity contribution in [3.8, 4) is 22.4 Å². The largest absolute Gasteiger partial charge is 0.383 e. The van der Waals surface area contributed by atoms with Gasteiger partial charge in [-0.3, -0.25) is 9.67 Å². The van der Waals surface area contributed by atoms with Gasteiger partial charge in [-0.2, -0.15) is 5.10 Å². The number of nitrogen functional groups attached to an aromatic ring is 1. The van der Waals surface area contributed by atoms with E-state index >= 15 is 0 Å². The fourth-order valence-corrected chi connectivity index (χ4v) is 4.09. The van der Waals surface area contributed by atoms with E-state index in [2.05, 4.69) is 26.6 Å². The molecule has 6 nitrogen and oxygen atoms in total. The molecule has 0 bridgehead atoms. The molecule has 1 fully saturated rings. The molecule has 0 spiro atoms. The highest BCUT2D eigenvalue weighted by atomic mass is 35.5. The van der Waals surface area contributed by atoms with Crippen LogP contribution in [0.1, 0.15) is 24.4 Å². The minimum absolute atomic E-state index is 0. The molecule has 0 unspecified atom stereocenters. The molecule has 4 heterocycles. The summed E-state index contributed by atoms with van der Waals surface area (Å²) in [5.74, 6) is 0.116. The first-order valence-electron chi connectivity index (χ1n) is 10.2. The molecule has 33 heavy (non-hydrogen) atoms. The Kier molecular flexibility index (Phi) is 9.03. The molecule has 5 rings (SSSR count). The first-order valence-corrected chi connectivity index (χ1v) is 10.2. The molecule has 0 aliphatic carbocycles. The molecule has 0 atom stereocenters. The fourth-order valence-electron chi connectivity index (χ4n) is 4.09. The van der Waals surface area contributed by atoms with Crippen molar-refractivity contribution in [2.45, 2.75) is 25.8 Å². The van der Waals surface area contributed by atoms with Gasteiger partial charge in [0.05, 0.1) is 17.9 Å². The Morgan fingerprint density at radius 2 is 1.73 bits per heavy atom. The molecule has 176 valence electrons. The van der Waals surface area contributed by atoms with E-state index in [1.54, 1.807) is 18.5 Å². The molecule has 3 N–H and O–H groups in total. The van der Waals surface area contributed by atoms with Crippen LogP contribution >= 0.6 is 37.2 Å². The standard InChI is InChI=1S/C23H23FN6.3ClH/c1-14-2-3-21(24)20-12-27-22(9-18(14)20)19-8-15(10-28-23(19)25)16-11-29-30(13-16)17-4-6-26-7-5-17;;;/h2-3,8-13,17,26H,4-7H2,1H3,(H2,25,28);3*1H. The van der Waals surface area contributed by atoms with Gasteiger partial charge in [0.1, 0.15) is 11.6 Å². The van der Waals surface area contributed by atoms with Crippen LogP contribution < -0.4 is 11.1 Å². The lowest BCUT2D eigenvalue weighted by Crippen LogP contribution is -2.29. The quantitative estimate of drug-likeness (QED) is 0.386. The summed E-state index contributed by atoms with van der Waals surface area (Å²) in [6.45, 7) is 3.99. The highest BCUT2D eigenvalue weighted by molar-refractivity contribution is 5.90. The zero-order chi connectivity index (χ0) is 20.7. The Morgan fingerprint density at radius 3 is 2.48 bits per heavy atom. The molecular formula is C23H26Cl3FN6. The number of nitrogens with two attached hydrogens (primary N) is 1. The summed E-state index contributed by atoms with van der Waals surface area (Å²) < 4.78 is 16.2. The van der Waals surface area contributed by atoms with E-state index in [1.165, 1.54) is 6.07 Å². The minimum Gasteiger partial charge on any atom is -0.383 e. The topological polar surface area (TPSA) is 81.7 Å². The summed E-state index contributed by atoms with van der Waals surface area (Å²) in [6.07, 6.45) is 9.40. The second-order valence-electron chi connectivity index (χ2n) is 7.83. The van der Waals surface area contributed by atoms with Gasteiger partial charge in [0, 0.05) is 40.7 Å². The zero-order valence-corrected chi connectivity index (χ0v) is 20.4. The lowest BCUT2D eigenvalue weighted by molar-refractivity contribution is 0.343. The van der Waals surface area contributed by atoms with Crippen LogP contribution in [-0.4, -0.2) is 32.8 Å². The van der Waals surface area contributed by atoms with Crippen LogP contribution in [0, 0.1) is 12.7 Å². The predicted molar refractivity (Wildman–Crippen MR) is 138 cm³/mol. The van der Waals surface area contributed by atoms with Crippen LogP contribution in [-0.2, 0) is 0 Å². The van der Waals surface area contributed by atoms with Gasteiger partial charge in [0.15, 0.2) is 0 Å². The van der Waals surface area contributed by atoms with Crippen LogP contribution in [0.5, 0.6) is 0 Å². The highest BCUT2D eigenvalue weighted by Crippen LogP contribution is 2.32. The second kappa shape index (κ2) is 11.1. The van der Waals surface area contributed by atoms with E-state index in [1.807, 2.05) is 29.9 Å². The maximum Gasteiger partial charge on any atom is 0.132 e. The van der Waals surface area contributed by atoms with E-state index in [9.17, 15) is 4.39 Å². The van der Waals surface area contributed by atoms with Crippen LogP contribution in [0.25, 0.3) is 33.2 Å². The van der Waals surface area contributed by atoms with Gasteiger partial charge in [-0.25, -0.2) is 9.37 Å². The summed E-state index contributed by atoms with van der Waals surface area (Å²) in [6, 6.07) is 7.52. The monoisotopic (exact) mass is 510 g/mol. The number of piperidine rings is 1. The van der Waals surface area contributed by atoms with Gasteiger partial charge in [-0.15, -0.1) is 37.2 Å². The number of pyridine rings is 2. The summed E-state index contributed by atoms with van der Waals surface area (Å²) in [5.41, 5.74) is 10.5. The number of halogens is 4. The zero-order valence-electron chi connectivity index (χ0n) is 18.0. The number of fused-ring (bicyclic) bond motifs is 1. The third-order valence-electron chi connectivity index (χ3n) is 5.88. The first kappa shape index (κ1) is 26.8. The van der Waals surface area contributed by atoms with Crippen molar-refractivity contribution in [1.29, 1.82) is 0 Å². The van der Waals surface area contributed by atoms with Crippen molar-refractivity contribution in [1.82, 2.24) is 25.1 Å². The molecule has 4 aromatic rings. The van der Waals surface area contributed by atoms with Crippen LogP contribution in [0.4, 0.5) is 10.2 Å². The number of aromatic nitrogens is 4. The maximum absolute atomic E-state index is 14.1. The Hall–Kier alpha value is -2.45. The number of hydrogen-bond acceptors (Lipinski definition) is 5. The van der Waals surface area contributed by atoms with Crippen molar-refractivity contribution in [2.24, 2.45) is 0 Å². The third-order valence-corrected chi connectivity index (χ3v) is 5.88. The van der Waals surface area contributed by atoms with Gasteiger partial charge >= 0.3 is 0 Å².